The Hall–Kier alpha value is -1.08. The van der Waals surface area contributed by atoms with Crippen molar-refractivity contribution in [1.29, 1.82) is 0 Å². The molecule has 1 aromatic rings. The van der Waals surface area contributed by atoms with Crippen LogP contribution in [-0.2, 0) is 4.79 Å². The van der Waals surface area contributed by atoms with E-state index in [1.807, 2.05) is 0 Å². The highest BCUT2D eigenvalue weighted by Crippen LogP contribution is 2.17. The van der Waals surface area contributed by atoms with Crippen LogP contribution in [0.3, 0.4) is 0 Å². The van der Waals surface area contributed by atoms with Crippen LogP contribution in [-0.4, -0.2) is 31.5 Å². The minimum absolute atomic E-state index is 0.400. The van der Waals surface area contributed by atoms with Crippen LogP contribution in [0.25, 0.3) is 0 Å². The zero-order valence-corrected chi connectivity index (χ0v) is 7.13. The SMILES string of the molecule is CC(Sc1ncn[nH]1)C(=O)NO. The van der Waals surface area contributed by atoms with E-state index in [0.717, 1.165) is 0 Å². The molecule has 12 heavy (non-hydrogen) atoms. The van der Waals surface area contributed by atoms with E-state index in [9.17, 15) is 4.79 Å². The fourth-order valence-corrected chi connectivity index (χ4v) is 1.27. The number of H-pyrrole nitrogens is 1. The van der Waals surface area contributed by atoms with Crippen molar-refractivity contribution in [3.63, 3.8) is 0 Å². The summed E-state index contributed by atoms with van der Waals surface area (Å²) in [4.78, 5) is 14.6. The molecule has 0 fully saturated rings. The summed E-state index contributed by atoms with van der Waals surface area (Å²) < 4.78 is 0. The summed E-state index contributed by atoms with van der Waals surface area (Å²) in [7, 11) is 0. The third-order valence-corrected chi connectivity index (χ3v) is 2.15. The number of amides is 1. The molecule has 0 spiro atoms. The lowest BCUT2D eigenvalue weighted by Crippen LogP contribution is -2.27. The number of thioether (sulfide) groups is 1. The third kappa shape index (κ3) is 2.21. The van der Waals surface area contributed by atoms with Crippen LogP contribution in [0.4, 0.5) is 0 Å². The minimum atomic E-state index is -0.462. The quantitative estimate of drug-likeness (QED) is 0.347. The highest BCUT2D eigenvalue weighted by atomic mass is 32.2. The van der Waals surface area contributed by atoms with E-state index >= 15 is 0 Å². The Morgan fingerprint density at radius 2 is 2.67 bits per heavy atom. The van der Waals surface area contributed by atoms with Gasteiger partial charge in [0, 0.05) is 0 Å². The van der Waals surface area contributed by atoms with Crippen LogP contribution in [0.2, 0.25) is 0 Å². The Morgan fingerprint density at radius 3 is 3.17 bits per heavy atom. The molecular formula is C5H8N4O2S. The molecule has 0 aliphatic heterocycles. The van der Waals surface area contributed by atoms with Crippen molar-refractivity contribution >= 4 is 17.7 Å². The van der Waals surface area contributed by atoms with E-state index in [1.165, 1.54) is 18.1 Å². The number of aromatic amines is 1. The van der Waals surface area contributed by atoms with Crippen LogP contribution >= 0.6 is 11.8 Å². The fourth-order valence-electron chi connectivity index (χ4n) is 0.563. The van der Waals surface area contributed by atoms with Crippen LogP contribution in [0.15, 0.2) is 11.5 Å². The molecular weight excluding hydrogens is 180 g/mol. The van der Waals surface area contributed by atoms with Gasteiger partial charge >= 0.3 is 0 Å². The van der Waals surface area contributed by atoms with Gasteiger partial charge in [0.1, 0.15) is 6.33 Å². The second-order valence-corrected chi connectivity index (χ2v) is 3.36. The molecule has 1 rings (SSSR count). The predicted octanol–water partition coefficient (Wildman–Crippen LogP) is -0.209. The number of nitrogens with zero attached hydrogens (tertiary/aromatic N) is 2. The van der Waals surface area contributed by atoms with E-state index in [-0.39, 0.29) is 0 Å². The largest absolute Gasteiger partial charge is 0.289 e. The molecule has 1 amide bonds. The summed E-state index contributed by atoms with van der Waals surface area (Å²) in [6.45, 7) is 1.65. The molecule has 0 bridgehead atoms. The Morgan fingerprint density at radius 1 is 1.92 bits per heavy atom. The average molecular weight is 188 g/mol. The highest BCUT2D eigenvalue weighted by Gasteiger charge is 2.14. The topological polar surface area (TPSA) is 90.9 Å². The Bertz CT molecular complexity index is 250. The number of carbonyl (C=O) groups excluding carboxylic acids is 1. The maximum absolute atomic E-state index is 10.8. The number of aromatic nitrogens is 3. The highest BCUT2D eigenvalue weighted by molar-refractivity contribution is 8.00. The second-order valence-electron chi connectivity index (χ2n) is 2.03. The summed E-state index contributed by atoms with van der Waals surface area (Å²) in [6.07, 6.45) is 1.35. The van der Waals surface area contributed by atoms with E-state index in [1.54, 1.807) is 12.4 Å². The standard InChI is InChI=1S/C5H8N4O2S/c1-3(4(10)9-11)12-5-6-2-7-8-5/h2-3,11H,1H3,(H,9,10)(H,6,7,8). The minimum Gasteiger partial charge on any atom is -0.289 e. The van der Waals surface area contributed by atoms with Crippen molar-refractivity contribution in [2.75, 3.05) is 0 Å². The molecule has 6 nitrogen and oxygen atoms in total. The van der Waals surface area contributed by atoms with Gasteiger partial charge in [0.2, 0.25) is 0 Å². The maximum atomic E-state index is 10.8. The smallest absolute Gasteiger partial charge is 0.256 e. The molecule has 0 aliphatic carbocycles. The molecule has 0 radical (unpaired) electrons. The number of hydrogen-bond donors (Lipinski definition) is 3. The van der Waals surface area contributed by atoms with Gasteiger partial charge in [-0.25, -0.2) is 10.5 Å². The first-order valence-electron chi connectivity index (χ1n) is 3.20. The van der Waals surface area contributed by atoms with Crippen LogP contribution in [0.1, 0.15) is 6.92 Å². The number of carbonyl (C=O) groups is 1. The van der Waals surface area contributed by atoms with E-state index in [4.69, 9.17) is 5.21 Å². The summed E-state index contributed by atoms with van der Waals surface area (Å²) in [6, 6.07) is 0. The number of hydrogen-bond acceptors (Lipinski definition) is 5. The molecule has 66 valence electrons. The first-order chi connectivity index (χ1) is 5.74. The lowest BCUT2D eigenvalue weighted by atomic mass is 10.5. The van der Waals surface area contributed by atoms with Crippen molar-refractivity contribution < 1.29 is 10.0 Å². The van der Waals surface area contributed by atoms with Crippen molar-refractivity contribution in [3.05, 3.63) is 6.33 Å². The van der Waals surface area contributed by atoms with Gasteiger partial charge in [-0.15, -0.1) is 0 Å². The van der Waals surface area contributed by atoms with Gasteiger partial charge in [-0.2, -0.15) is 5.10 Å². The van der Waals surface area contributed by atoms with Crippen LogP contribution < -0.4 is 5.48 Å². The van der Waals surface area contributed by atoms with Crippen molar-refractivity contribution in [2.45, 2.75) is 17.3 Å². The lowest BCUT2D eigenvalue weighted by molar-refractivity contribution is -0.128. The molecule has 0 saturated carbocycles. The summed E-state index contributed by atoms with van der Waals surface area (Å²) in [5.41, 5.74) is 1.56. The van der Waals surface area contributed by atoms with Crippen LogP contribution in [0, 0.1) is 0 Å². The maximum Gasteiger partial charge on any atom is 0.256 e. The first kappa shape index (κ1) is 9.01. The predicted molar refractivity (Wildman–Crippen MR) is 41.6 cm³/mol. The van der Waals surface area contributed by atoms with Crippen LogP contribution in [0.5, 0.6) is 0 Å². The van der Waals surface area contributed by atoms with Gasteiger partial charge in [0.15, 0.2) is 5.16 Å². The summed E-state index contributed by atoms with van der Waals surface area (Å²) >= 11 is 1.18. The van der Waals surface area contributed by atoms with Crippen molar-refractivity contribution in [2.24, 2.45) is 0 Å². The number of nitrogens with one attached hydrogen (secondary N) is 2. The monoisotopic (exact) mass is 188 g/mol. The first-order valence-corrected chi connectivity index (χ1v) is 4.08. The van der Waals surface area contributed by atoms with Gasteiger partial charge in [0.25, 0.3) is 5.91 Å². The molecule has 0 saturated heterocycles. The molecule has 0 aliphatic rings. The normalized spacial score (nSPS) is 12.5. The fraction of sp³-hybridized carbons (Fsp3) is 0.400. The molecule has 1 atom stereocenters. The number of hydroxylamine groups is 1. The molecule has 0 aromatic carbocycles. The Balaban J connectivity index is 2.47. The number of rotatable bonds is 3. The zero-order chi connectivity index (χ0) is 8.97. The summed E-state index contributed by atoms with van der Waals surface area (Å²) in [5.74, 6) is -0.462. The van der Waals surface area contributed by atoms with Gasteiger partial charge in [-0.3, -0.25) is 15.1 Å². The molecule has 1 heterocycles. The third-order valence-electron chi connectivity index (χ3n) is 1.16. The molecule has 1 unspecified atom stereocenters. The summed E-state index contributed by atoms with van der Waals surface area (Å²) in [5, 5.41) is 14.6. The Kier molecular flexibility index (Phi) is 3.06. The van der Waals surface area contributed by atoms with Gasteiger partial charge < -0.3 is 0 Å². The zero-order valence-electron chi connectivity index (χ0n) is 6.31. The van der Waals surface area contributed by atoms with E-state index < -0.39 is 11.2 Å². The van der Waals surface area contributed by atoms with Gasteiger partial charge in [-0.05, 0) is 6.92 Å². The van der Waals surface area contributed by atoms with Gasteiger partial charge in [0.05, 0.1) is 5.25 Å². The molecule has 1 aromatic heterocycles. The lowest BCUT2D eigenvalue weighted by Gasteiger charge is -2.04. The van der Waals surface area contributed by atoms with Crippen molar-refractivity contribution in [1.82, 2.24) is 20.7 Å². The molecule has 7 heteroatoms. The van der Waals surface area contributed by atoms with Crippen molar-refractivity contribution in [3.8, 4) is 0 Å². The second kappa shape index (κ2) is 4.07. The van der Waals surface area contributed by atoms with Gasteiger partial charge in [-0.1, -0.05) is 11.8 Å². The Labute approximate surface area is 72.7 Å². The average Bonchev–Trinajstić information content (AvgIpc) is 2.55. The van der Waals surface area contributed by atoms with E-state index in [2.05, 4.69) is 15.2 Å². The van der Waals surface area contributed by atoms with E-state index in [0.29, 0.717) is 5.16 Å². The molecule has 3 N–H and O–H groups in total.